The van der Waals surface area contributed by atoms with Crippen LogP contribution in [-0.2, 0) is 19.0 Å². The molecule has 1 unspecified atom stereocenters. The van der Waals surface area contributed by atoms with Gasteiger partial charge in [0.25, 0.3) is 10.1 Å². The molecule has 2 fully saturated rings. The van der Waals surface area contributed by atoms with Crippen molar-refractivity contribution in [3.63, 3.8) is 0 Å². The quantitative estimate of drug-likeness (QED) is 0.662. The normalized spacial score (nSPS) is 23.4. The summed E-state index contributed by atoms with van der Waals surface area (Å²) in [4.78, 5) is 24.5. The molecule has 2 amide bonds. The third kappa shape index (κ3) is 8.19. The molecule has 2 heterocycles. The van der Waals surface area contributed by atoms with Gasteiger partial charge in [0.05, 0.1) is 12.4 Å². The summed E-state index contributed by atoms with van der Waals surface area (Å²) in [5.41, 5.74) is -0.454. The number of carbonyl (C=O) groups excluding carboxylic acids is 1. The Bertz CT molecular complexity index is 601. The Kier molecular flexibility index (Phi) is 7.66. The van der Waals surface area contributed by atoms with E-state index in [1.807, 2.05) is 20.8 Å². The van der Waals surface area contributed by atoms with E-state index in [0.717, 1.165) is 11.2 Å². The fourth-order valence-corrected chi connectivity index (χ4v) is 3.09. The predicted molar refractivity (Wildman–Crippen MR) is 92.1 cm³/mol. The van der Waals surface area contributed by atoms with Gasteiger partial charge in [0, 0.05) is 19.6 Å². The van der Waals surface area contributed by atoms with Crippen LogP contribution in [0.1, 0.15) is 40.0 Å². The first kappa shape index (κ1) is 22.5. The van der Waals surface area contributed by atoms with Gasteiger partial charge in [0.15, 0.2) is 6.23 Å². The maximum atomic E-state index is 11.4. The van der Waals surface area contributed by atoms with Crippen LogP contribution < -0.4 is 0 Å². The van der Waals surface area contributed by atoms with Gasteiger partial charge in [-0.15, -0.1) is 0 Å². The summed E-state index contributed by atoms with van der Waals surface area (Å²) in [5, 5.41) is 17.8. The van der Waals surface area contributed by atoms with E-state index in [-0.39, 0.29) is 12.2 Å². The molecular formula is C15H28N2O8S. The minimum Gasteiger partial charge on any atom is -0.465 e. The van der Waals surface area contributed by atoms with E-state index in [2.05, 4.69) is 4.18 Å². The number of ether oxygens (including phenoxy) is 1. The molecule has 0 aromatic heterocycles. The lowest BCUT2D eigenvalue weighted by Crippen LogP contribution is -2.37. The molecule has 0 spiro atoms. The van der Waals surface area contributed by atoms with Gasteiger partial charge in [-0.3, -0.25) is 4.90 Å². The lowest BCUT2D eigenvalue weighted by atomic mass is 10.2. The lowest BCUT2D eigenvalue weighted by molar-refractivity contribution is 0.0269. The molecule has 0 aromatic carbocycles. The summed E-state index contributed by atoms with van der Waals surface area (Å²) in [7, 11) is -3.58. The molecule has 2 atom stereocenters. The highest BCUT2D eigenvalue weighted by molar-refractivity contribution is 7.86. The average molecular weight is 396 g/mol. The number of hydrogen-bond acceptors (Lipinski definition) is 7. The Labute approximate surface area is 153 Å². The summed E-state index contributed by atoms with van der Waals surface area (Å²) >= 11 is 0. The number of carbonyl (C=O) groups is 2. The Morgan fingerprint density at radius 1 is 1.15 bits per heavy atom. The highest BCUT2D eigenvalue weighted by Gasteiger charge is 2.31. The van der Waals surface area contributed by atoms with Crippen molar-refractivity contribution >= 4 is 22.3 Å². The van der Waals surface area contributed by atoms with Crippen molar-refractivity contribution in [2.24, 2.45) is 0 Å². The van der Waals surface area contributed by atoms with Crippen LogP contribution in [0, 0.1) is 0 Å². The standard InChI is InChI=1S/C9H17NO3.C6H11NO5S/c1-9(2,3)13-8(12)10-5-4-7(11)6-10;1-13(10,11)12-5-3-2-4-7(5)6(8)9/h7,11H,4-6H2,1-3H3;5H,2-4H2,1H3,(H,8,9)/t7-;/m1./s1. The number of likely N-dealkylation sites (tertiary alicyclic amines) is 2. The smallest absolute Gasteiger partial charge is 0.410 e. The summed E-state index contributed by atoms with van der Waals surface area (Å²) in [6.45, 7) is 6.81. The maximum Gasteiger partial charge on any atom is 0.410 e. The number of amides is 2. The van der Waals surface area contributed by atoms with E-state index in [9.17, 15) is 23.1 Å². The Morgan fingerprint density at radius 3 is 2.19 bits per heavy atom. The highest BCUT2D eigenvalue weighted by atomic mass is 32.2. The fraction of sp³-hybridized carbons (Fsp3) is 0.867. The second kappa shape index (κ2) is 8.87. The first-order valence-corrected chi connectivity index (χ1v) is 10.1. The van der Waals surface area contributed by atoms with E-state index in [1.54, 1.807) is 0 Å². The Balaban J connectivity index is 0.000000260. The summed E-state index contributed by atoms with van der Waals surface area (Å²) in [6, 6.07) is 0. The first-order chi connectivity index (χ1) is 11.8. The van der Waals surface area contributed by atoms with E-state index in [4.69, 9.17) is 9.84 Å². The van der Waals surface area contributed by atoms with Gasteiger partial charge < -0.3 is 19.8 Å². The molecular weight excluding hydrogens is 368 g/mol. The number of hydrogen-bond donors (Lipinski definition) is 2. The molecule has 2 N–H and O–H groups in total. The van der Waals surface area contributed by atoms with Crippen LogP contribution in [0.15, 0.2) is 0 Å². The molecule has 152 valence electrons. The van der Waals surface area contributed by atoms with Crippen LogP contribution in [0.4, 0.5) is 9.59 Å². The van der Waals surface area contributed by atoms with Gasteiger partial charge in [-0.2, -0.15) is 8.42 Å². The summed E-state index contributed by atoms with van der Waals surface area (Å²) in [6.07, 6.45) is -0.0774. The van der Waals surface area contributed by atoms with Crippen molar-refractivity contribution in [3.05, 3.63) is 0 Å². The molecule has 2 aliphatic heterocycles. The van der Waals surface area contributed by atoms with Gasteiger partial charge in [-0.1, -0.05) is 0 Å². The monoisotopic (exact) mass is 396 g/mol. The molecule has 11 heteroatoms. The fourth-order valence-electron chi connectivity index (χ4n) is 2.49. The maximum absolute atomic E-state index is 11.4. The molecule has 2 saturated heterocycles. The van der Waals surface area contributed by atoms with Crippen LogP contribution in [0.5, 0.6) is 0 Å². The van der Waals surface area contributed by atoms with Gasteiger partial charge in [0.2, 0.25) is 0 Å². The summed E-state index contributed by atoms with van der Waals surface area (Å²) in [5.74, 6) is 0. The van der Waals surface area contributed by atoms with E-state index < -0.39 is 28.0 Å². The number of β-amino-alcohol motifs (C(OH)–C–C–N with tert-alkyl or cyclic N) is 1. The first-order valence-electron chi connectivity index (χ1n) is 8.32. The second-order valence-corrected chi connectivity index (χ2v) is 8.84. The van der Waals surface area contributed by atoms with Crippen molar-refractivity contribution in [2.45, 2.75) is 58.0 Å². The molecule has 0 radical (unpaired) electrons. The number of carboxylic acid groups (broad SMARTS) is 1. The number of aliphatic hydroxyl groups is 1. The minimum atomic E-state index is -3.58. The molecule has 0 bridgehead atoms. The van der Waals surface area contributed by atoms with E-state index in [0.29, 0.717) is 38.9 Å². The van der Waals surface area contributed by atoms with Crippen LogP contribution in [0.3, 0.4) is 0 Å². The van der Waals surface area contributed by atoms with Crippen LogP contribution >= 0.6 is 0 Å². The molecule has 2 rings (SSSR count). The van der Waals surface area contributed by atoms with Crippen LogP contribution in [-0.4, -0.2) is 84.4 Å². The van der Waals surface area contributed by atoms with Crippen LogP contribution in [0.25, 0.3) is 0 Å². The zero-order chi connectivity index (χ0) is 20.1. The molecule has 10 nitrogen and oxygen atoms in total. The summed E-state index contributed by atoms with van der Waals surface area (Å²) < 4.78 is 31.2. The van der Waals surface area contributed by atoms with Gasteiger partial charge in [-0.25, -0.2) is 13.8 Å². The average Bonchev–Trinajstić information content (AvgIpc) is 3.04. The predicted octanol–water partition coefficient (Wildman–Crippen LogP) is 1.05. The minimum absolute atomic E-state index is 0.329. The molecule has 26 heavy (non-hydrogen) atoms. The van der Waals surface area contributed by atoms with E-state index >= 15 is 0 Å². The molecule has 0 aromatic rings. The lowest BCUT2D eigenvalue weighted by Gasteiger charge is -2.24. The van der Waals surface area contributed by atoms with Crippen LogP contribution in [0.2, 0.25) is 0 Å². The van der Waals surface area contributed by atoms with Gasteiger partial charge in [0.1, 0.15) is 5.60 Å². The molecule has 2 aliphatic rings. The number of nitrogens with zero attached hydrogens (tertiary/aromatic N) is 2. The van der Waals surface area contributed by atoms with Gasteiger partial charge >= 0.3 is 12.2 Å². The Morgan fingerprint density at radius 2 is 1.77 bits per heavy atom. The van der Waals surface area contributed by atoms with Crippen molar-refractivity contribution in [1.29, 1.82) is 0 Å². The molecule has 0 aliphatic carbocycles. The van der Waals surface area contributed by atoms with Crippen molar-refractivity contribution < 1.29 is 37.1 Å². The SMILES string of the molecule is CC(C)(C)OC(=O)N1CC[C@@H](O)C1.CS(=O)(=O)OC1CCCN1C(=O)O. The van der Waals surface area contributed by atoms with E-state index in [1.165, 1.54) is 4.90 Å². The van der Waals surface area contributed by atoms with Crippen molar-refractivity contribution in [2.75, 3.05) is 25.9 Å². The van der Waals surface area contributed by atoms with Gasteiger partial charge in [-0.05, 0) is 40.0 Å². The highest BCUT2D eigenvalue weighted by Crippen LogP contribution is 2.19. The zero-order valence-corrected chi connectivity index (χ0v) is 16.4. The largest absolute Gasteiger partial charge is 0.465 e. The Hall–Kier alpha value is -1.59. The molecule has 0 saturated carbocycles. The number of aliphatic hydroxyl groups excluding tert-OH is 1. The third-order valence-electron chi connectivity index (χ3n) is 3.54. The van der Waals surface area contributed by atoms with Crippen molar-refractivity contribution in [3.8, 4) is 0 Å². The zero-order valence-electron chi connectivity index (χ0n) is 15.5. The third-order valence-corrected chi connectivity index (χ3v) is 4.12. The topological polar surface area (TPSA) is 134 Å². The number of rotatable bonds is 2. The van der Waals surface area contributed by atoms with Crippen molar-refractivity contribution in [1.82, 2.24) is 9.80 Å². The second-order valence-electron chi connectivity index (χ2n) is 7.24.